The summed E-state index contributed by atoms with van der Waals surface area (Å²) < 4.78 is 2.26. The minimum atomic E-state index is 0.233. The van der Waals surface area contributed by atoms with Crippen molar-refractivity contribution in [1.29, 1.82) is 0 Å². The Morgan fingerprint density at radius 3 is 2.05 bits per heavy atom. The fourth-order valence-corrected chi connectivity index (χ4v) is 4.62. The van der Waals surface area contributed by atoms with Gasteiger partial charge >= 0.3 is 0 Å². The van der Waals surface area contributed by atoms with E-state index in [0.717, 1.165) is 64.5 Å². The van der Waals surface area contributed by atoms with Crippen LogP contribution in [-0.2, 0) is 25.8 Å². The maximum absolute atomic E-state index is 9.05. The Balaban J connectivity index is 1.38. The summed E-state index contributed by atoms with van der Waals surface area (Å²) >= 11 is 0. The van der Waals surface area contributed by atoms with E-state index in [1.54, 1.807) is 0 Å². The fraction of sp³-hybridized carbons (Fsp3) is 0.371. The molecule has 1 heterocycles. The Bertz CT molecular complexity index is 1180. The van der Waals surface area contributed by atoms with Crippen LogP contribution in [0.4, 0.5) is 0 Å². The second-order valence-corrected chi connectivity index (χ2v) is 9.98. The summed E-state index contributed by atoms with van der Waals surface area (Å²) in [4.78, 5) is 4.50. The second kappa shape index (κ2) is 18.0. The van der Waals surface area contributed by atoms with Crippen molar-refractivity contribution in [2.45, 2.75) is 64.8 Å². The van der Waals surface area contributed by atoms with Gasteiger partial charge in [-0.3, -0.25) is 4.99 Å². The van der Waals surface area contributed by atoms with Crippen molar-refractivity contribution in [2.75, 3.05) is 19.8 Å². The third-order valence-electron chi connectivity index (χ3n) is 6.91. The molecule has 0 radical (unpaired) electrons. The average molecular weight is 526 g/mol. The van der Waals surface area contributed by atoms with Crippen LogP contribution in [0.25, 0.3) is 11.1 Å². The number of aromatic nitrogens is 1. The molecular formula is C35H45N2O2+. The largest absolute Gasteiger partial charge is 0.396 e. The lowest BCUT2D eigenvalue weighted by Gasteiger charge is -2.06. The molecule has 0 atom stereocenters. The number of aryl methyl sites for hydroxylation is 4. The first-order valence-corrected chi connectivity index (χ1v) is 14.4. The van der Waals surface area contributed by atoms with Crippen LogP contribution in [0.5, 0.6) is 0 Å². The van der Waals surface area contributed by atoms with Gasteiger partial charge in [0.25, 0.3) is 0 Å². The van der Waals surface area contributed by atoms with Crippen molar-refractivity contribution >= 4 is 6.21 Å². The maximum Gasteiger partial charge on any atom is 0.171 e. The molecule has 1 aromatic heterocycles. The van der Waals surface area contributed by atoms with Crippen LogP contribution in [-0.4, -0.2) is 36.2 Å². The molecule has 0 aliphatic rings. The lowest BCUT2D eigenvalue weighted by Crippen LogP contribution is -2.33. The number of pyridine rings is 1. The third-order valence-corrected chi connectivity index (χ3v) is 6.91. The van der Waals surface area contributed by atoms with E-state index >= 15 is 0 Å². The predicted molar refractivity (Wildman–Crippen MR) is 163 cm³/mol. The molecule has 0 spiro atoms. The zero-order chi connectivity index (χ0) is 27.5. The van der Waals surface area contributed by atoms with Gasteiger partial charge in [0, 0.05) is 44.0 Å². The highest BCUT2D eigenvalue weighted by atomic mass is 16.3. The first kappa shape index (κ1) is 30.2. The molecule has 4 nitrogen and oxygen atoms in total. The molecule has 4 heteroatoms. The fourth-order valence-electron chi connectivity index (χ4n) is 4.62. The van der Waals surface area contributed by atoms with E-state index in [0.29, 0.717) is 0 Å². The summed E-state index contributed by atoms with van der Waals surface area (Å²) in [7, 11) is 0. The Hall–Kier alpha value is -3.34. The monoisotopic (exact) mass is 525 g/mol. The predicted octanol–water partition coefficient (Wildman–Crippen LogP) is 6.48. The van der Waals surface area contributed by atoms with Gasteiger partial charge < -0.3 is 10.2 Å². The first-order valence-electron chi connectivity index (χ1n) is 14.4. The van der Waals surface area contributed by atoms with E-state index < -0.39 is 0 Å². The van der Waals surface area contributed by atoms with Crippen LogP contribution >= 0.6 is 0 Å². The van der Waals surface area contributed by atoms with Gasteiger partial charge in [-0.1, -0.05) is 66.3 Å². The summed E-state index contributed by atoms with van der Waals surface area (Å²) in [5.74, 6) is 0. The van der Waals surface area contributed by atoms with Crippen molar-refractivity contribution in [1.82, 2.24) is 0 Å². The van der Waals surface area contributed by atoms with Gasteiger partial charge in [0.05, 0.1) is 0 Å². The number of aliphatic imine (C=N–C) groups is 1. The molecule has 0 unspecified atom stereocenters. The molecule has 0 aliphatic carbocycles. The summed E-state index contributed by atoms with van der Waals surface area (Å²) in [6, 6.07) is 22.1. The van der Waals surface area contributed by atoms with E-state index in [4.69, 9.17) is 10.2 Å². The van der Waals surface area contributed by atoms with Gasteiger partial charge in [-0.05, 0) is 86.3 Å². The number of nitrogens with zero attached hydrogens (tertiary/aromatic N) is 2. The van der Waals surface area contributed by atoms with Crippen LogP contribution in [0.3, 0.4) is 0 Å². The molecule has 2 N–H and O–H groups in total. The zero-order valence-corrected chi connectivity index (χ0v) is 23.5. The maximum atomic E-state index is 9.05. The van der Waals surface area contributed by atoms with Crippen LogP contribution in [0.15, 0.2) is 102 Å². The number of allylic oxidation sites excluding steroid dienone is 4. The molecule has 0 saturated carbocycles. The van der Waals surface area contributed by atoms with Crippen molar-refractivity contribution in [3.8, 4) is 11.1 Å². The molecule has 2 aromatic carbocycles. The van der Waals surface area contributed by atoms with Crippen LogP contribution < -0.4 is 4.57 Å². The normalized spacial score (nSPS) is 12.1. The highest BCUT2D eigenvalue weighted by Crippen LogP contribution is 2.21. The summed E-state index contributed by atoms with van der Waals surface area (Å²) in [5.41, 5.74) is 7.75. The Morgan fingerprint density at radius 2 is 1.41 bits per heavy atom. The van der Waals surface area contributed by atoms with E-state index in [-0.39, 0.29) is 13.2 Å². The number of aliphatic hydroxyl groups excluding tert-OH is 2. The highest BCUT2D eigenvalue weighted by Gasteiger charge is 2.04. The van der Waals surface area contributed by atoms with Gasteiger partial charge in [0.1, 0.15) is 6.54 Å². The van der Waals surface area contributed by atoms with Gasteiger partial charge in [-0.25, -0.2) is 4.57 Å². The smallest absolute Gasteiger partial charge is 0.171 e. The number of rotatable bonds is 17. The zero-order valence-electron chi connectivity index (χ0n) is 23.5. The number of hydrogen-bond donors (Lipinski definition) is 2. The van der Waals surface area contributed by atoms with Crippen LogP contribution in [0.2, 0.25) is 0 Å². The SMILES string of the molecule is C/C=C(\C=C/C=NCCCc1ccc(-c2ccc(CCC[n+]3cccc(CCCO)c3)cc2)cc1)CCCO. The molecule has 0 aliphatic heterocycles. The summed E-state index contributed by atoms with van der Waals surface area (Å²) in [6.45, 7) is 4.33. The van der Waals surface area contributed by atoms with E-state index in [1.165, 1.54) is 33.4 Å². The topological polar surface area (TPSA) is 56.7 Å². The Morgan fingerprint density at radius 1 is 0.769 bits per heavy atom. The van der Waals surface area contributed by atoms with Gasteiger partial charge in [0.15, 0.2) is 12.4 Å². The quantitative estimate of drug-likeness (QED) is 0.0918. The molecule has 0 saturated heterocycles. The Kier molecular flexibility index (Phi) is 14.0. The van der Waals surface area contributed by atoms with Crippen LogP contribution in [0.1, 0.15) is 55.7 Å². The second-order valence-electron chi connectivity index (χ2n) is 9.98. The summed E-state index contributed by atoms with van der Waals surface area (Å²) in [6.07, 6.45) is 20.0. The Labute approximate surface area is 235 Å². The van der Waals surface area contributed by atoms with Crippen LogP contribution in [0, 0.1) is 0 Å². The molecule has 3 aromatic rings. The third kappa shape index (κ3) is 11.5. The molecule has 0 bridgehead atoms. The molecule has 0 amide bonds. The van der Waals surface area contributed by atoms with E-state index in [9.17, 15) is 0 Å². The summed E-state index contributed by atoms with van der Waals surface area (Å²) in [5, 5.41) is 18.0. The van der Waals surface area contributed by atoms with Gasteiger partial charge in [0.2, 0.25) is 0 Å². The number of aliphatic hydroxyl groups is 2. The first-order chi connectivity index (χ1) is 19.2. The van der Waals surface area contributed by atoms with E-state index in [1.807, 2.05) is 19.2 Å². The van der Waals surface area contributed by atoms with Crippen molar-refractivity contribution < 1.29 is 14.8 Å². The van der Waals surface area contributed by atoms with Gasteiger partial charge in [-0.2, -0.15) is 0 Å². The molecule has 206 valence electrons. The number of hydrogen-bond acceptors (Lipinski definition) is 3. The highest BCUT2D eigenvalue weighted by molar-refractivity contribution is 5.71. The standard InChI is InChI=1S/C35H45N2O2/c1-2-30(13-7-27-38)9-3-23-36-24-4-10-31-15-19-34(20-16-31)35-21-17-32(18-22-35)11-5-25-37-26-6-12-33(29-37)14-8-28-39/h2-3,6,9,12,15-23,26,29,38-39H,4-5,7-8,10-11,13-14,24-25,27-28H2,1H3/q+1/b9-3-,30-2+,36-23?. The molecule has 0 fully saturated rings. The number of benzene rings is 2. The van der Waals surface area contributed by atoms with Gasteiger partial charge in [-0.15, -0.1) is 0 Å². The van der Waals surface area contributed by atoms with E-state index in [2.05, 4.69) is 94.8 Å². The van der Waals surface area contributed by atoms with Crippen molar-refractivity contribution in [3.05, 3.63) is 114 Å². The molecule has 39 heavy (non-hydrogen) atoms. The van der Waals surface area contributed by atoms with Crippen molar-refractivity contribution in [3.63, 3.8) is 0 Å². The molecular weight excluding hydrogens is 480 g/mol. The average Bonchev–Trinajstić information content (AvgIpc) is 2.98. The van der Waals surface area contributed by atoms with Crippen molar-refractivity contribution in [2.24, 2.45) is 4.99 Å². The minimum absolute atomic E-state index is 0.233. The lowest BCUT2D eigenvalue weighted by molar-refractivity contribution is -0.697. The molecule has 3 rings (SSSR count). The minimum Gasteiger partial charge on any atom is -0.396 e. The lowest BCUT2D eigenvalue weighted by atomic mass is 10.00.